The Morgan fingerprint density at radius 1 is 0.800 bits per heavy atom. The predicted octanol–water partition coefficient (Wildman–Crippen LogP) is -1.05. The largest absolute Gasteiger partial charge is 0.508 e. The van der Waals surface area contributed by atoms with Crippen LogP contribution in [0.5, 0.6) is 5.75 Å². The van der Waals surface area contributed by atoms with E-state index in [0.717, 1.165) is 70.9 Å². The molecule has 0 bridgehead atoms. The average molecular weight is 1200 g/mol. The molecule has 1 saturated heterocycles. The molecule has 10 atom stereocenters. The van der Waals surface area contributed by atoms with Gasteiger partial charge in [0.15, 0.2) is 0 Å². The number of aliphatic hydroxyl groups excluding tert-OH is 3. The number of aromatic nitrogens is 2. The van der Waals surface area contributed by atoms with Crippen molar-refractivity contribution in [1.29, 1.82) is 0 Å². The summed E-state index contributed by atoms with van der Waals surface area (Å²) in [5, 5.41) is 61.9. The molecule has 1 aliphatic heterocycles. The van der Waals surface area contributed by atoms with Crippen molar-refractivity contribution in [3.63, 3.8) is 0 Å². The molecule has 1 aliphatic rings. The van der Waals surface area contributed by atoms with Gasteiger partial charge in [-0.15, -0.1) is 0 Å². The number of carbonyl (C=O) groups excluding carboxylic acids is 11. The van der Waals surface area contributed by atoms with Crippen molar-refractivity contribution in [2.45, 2.75) is 199 Å². The van der Waals surface area contributed by atoms with Gasteiger partial charge in [-0.2, -0.15) is 0 Å². The maximum Gasteiger partial charge on any atom is 0.329 e. The van der Waals surface area contributed by atoms with E-state index in [9.17, 15) is 73.2 Å². The van der Waals surface area contributed by atoms with Gasteiger partial charge in [0.05, 0.1) is 37.6 Å². The van der Waals surface area contributed by atoms with Crippen molar-refractivity contribution >= 4 is 65.0 Å². The van der Waals surface area contributed by atoms with Crippen molar-refractivity contribution in [3.05, 3.63) is 71.6 Å². The molecule has 0 saturated carbocycles. The number of hydrogen-bond donors (Lipinski definition) is 14. The highest BCUT2D eigenvalue weighted by atomic mass is 16.5. The molecule has 15 N–H and O–H groups in total. The van der Waals surface area contributed by atoms with Crippen molar-refractivity contribution < 1.29 is 77.9 Å². The first-order valence-electron chi connectivity index (χ1n) is 28.6. The Labute approximate surface area is 494 Å². The van der Waals surface area contributed by atoms with Gasteiger partial charge in [-0.05, 0) is 65.2 Å². The summed E-state index contributed by atoms with van der Waals surface area (Å²) in [7, 11) is 1.11. The zero-order valence-corrected chi connectivity index (χ0v) is 49.4. The molecule has 28 heteroatoms. The fraction of sp³-hybridized carbons (Fsp3) is 0.579. The van der Waals surface area contributed by atoms with Crippen LogP contribution in [0, 0.1) is 0 Å². The van der Waals surface area contributed by atoms with Gasteiger partial charge < -0.3 is 83.3 Å². The minimum atomic E-state index is -2.02. The lowest BCUT2D eigenvalue weighted by Crippen LogP contribution is -2.62. The van der Waals surface area contributed by atoms with E-state index in [1.54, 1.807) is 0 Å². The van der Waals surface area contributed by atoms with E-state index in [4.69, 9.17) is 10.5 Å². The van der Waals surface area contributed by atoms with Gasteiger partial charge in [-0.1, -0.05) is 89.0 Å². The first-order valence-corrected chi connectivity index (χ1v) is 28.6. The molecule has 2 heterocycles. The maximum atomic E-state index is 14.7. The average Bonchev–Trinajstić information content (AvgIpc) is 3.81. The quantitative estimate of drug-likeness (QED) is 0.0339. The van der Waals surface area contributed by atoms with E-state index in [-0.39, 0.29) is 17.9 Å². The molecule has 28 nitrogen and oxygen atoms in total. The SMILES string of the molecule is C/C=C(/NC(=O)CC(O)CCCCCCCCCCC)C(=O)NC1C(=O)NC([C@@H](C)O)C(=O)N[C@H](Cc2ccc(O)cc2)C(=O)N/C(=C/C)C(=O)N[C@H](CCC(N)=O)C(=O)NCC(=O)N(C)[C@@H]([C@H](C)O)C(=O)N[C@@H](Cc2cnc[nH]2)C(=O)O[C@@H]1C. The Kier molecular flexibility index (Phi) is 30.5. The molecule has 85 heavy (non-hydrogen) atoms. The number of primary amides is 1. The van der Waals surface area contributed by atoms with Crippen LogP contribution in [0.2, 0.25) is 0 Å². The molecular formula is C57H86N12O16. The van der Waals surface area contributed by atoms with Gasteiger partial charge in [-0.25, -0.2) is 9.78 Å². The molecule has 0 spiro atoms. The molecule has 3 rings (SSSR count). The summed E-state index contributed by atoms with van der Waals surface area (Å²) < 4.78 is 5.79. The molecule has 1 aromatic carbocycles. The van der Waals surface area contributed by atoms with Crippen molar-refractivity contribution in [2.24, 2.45) is 5.73 Å². The lowest BCUT2D eigenvalue weighted by molar-refractivity contribution is -0.157. The number of cyclic esters (lactones) is 1. The topological polar surface area (TPSA) is 432 Å². The van der Waals surface area contributed by atoms with Gasteiger partial charge in [0.25, 0.3) is 11.8 Å². The predicted molar refractivity (Wildman–Crippen MR) is 307 cm³/mol. The van der Waals surface area contributed by atoms with Crippen LogP contribution in [-0.2, 0) is 70.3 Å². The summed E-state index contributed by atoms with van der Waals surface area (Å²) in [5.74, 6) is -12.0. The van der Waals surface area contributed by atoms with Crippen LogP contribution in [0.4, 0.5) is 0 Å². The third-order valence-corrected chi connectivity index (χ3v) is 13.9. The van der Waals surface area contributed by atoms with Crippen LogP contribution in [-0.4, -0.2) is 175 Å². The van der Waals surface area contributed by atoms with Gasteiger partial charge >= 0.3 is 5.97 Å². The van der Waals surface area contributed by atoms with E-state index in [1.165, 1.54) is 76.0 Å². The number of aliphatic hydroxyl groups is 3. The van der Waals surface area contributed by atoms with Gasteiger partial charge in [0, 0.05) is 38.2 Å². The number of ether oxygens (including phenoxy) is 1. The number of likely N-dealkylation sites (N-methyl/N-ethyl adjacent to an activating group) is 1. The number of nitrogens with one attached hydrogen (secondary N) is 9. The van der Waals surface area contributed by atoms with Crippen LogP contribution in [0.3, 0.4) is 0 Å². The zero-order valence-electron chi connectivity index (χ0n) is 49.4. The highest BCUT2D eigenvalue weighted by molar-refractivity contribution is 6.03. The number of nitrogens with two attached hydrogens (primary N) is 1. The Bertz CT molecular complexity index is 2650. The number of imidazole rings is 1. The number of unbranched alkanes of at least 4 members (excludes halogenated alkanes) is 8. The van der Waals surface area contributed by atoms with Crippen molar-refractivity contribution in [1.82, 2.24) is 57.4 Å². The molecular weight excluding hydrogens is 1110 g/mol. The lowest BCUT2D eigenvalue weighted by Gasteiger charge is -2.32. The van der Waals surface area contributed by atoms with E-state index in [1.807, 2.05) is 0 Å². The van der Waals surface area contributed by atoms with Crippen LogP contribution in [0.1, 0.15) is 136 Å². The van der Waals surface area contributed by atoms with E-state index in [2.05, 4.69) is 59.4 Å². The van der Waals surface area contributed by atoms with E-state index in [0.29, 0.717) is 18.4 Å². The number of esters is 1. The molecule has 0 aliphatic carbocycles. The van der Waals surface area contributed by atoms with Gasteiger partial charge in [0.2, 0.25) is 47.3 Å². The Balaban J connectivity index is 2.12. The zero-order chi connectivity index (χ0) is 63.3. The molecule has 1 fully saturated rings. The number of phenols is 1. The standard InChI is InChI=1S/C57H86N12O16/c1-8-11-12-13-14-15-16-17-18-19-38(73)28-45(75)62-39(9-2)52(79)68-48-34(6)85-57(84)43(27-36-29-59-31-61-36)66-56(83)49(33(5)71)69(7)46(76)30-60-50(77)41(24-25-44(58)74)64-51(78)40(10-3)63-53(80)42(26-35-20-22-37(72)23-21-35)65-54(81)47(32(4)70)67-55(48)82/h9-10,20-23,29,31-34,38,41-43,47-49,70-73H,8,11-19,24-28,30H2,1-7H3,(H2,58,74)(H,59,61)(H,60,77)(H,62,75)(H,63,80)(H,64,78)(H,65,81)(H,66,83)(H,67,82)(H,68,79)/b39-9+,40-10+/t32-,33+,34-,38?,41-,42-,43+,47?,48?,49+/m1/s1. The number of benzene rings is 1. The van der Waals surface area contributed by atoms with E-state index >= 15 is 0 Å². The summed E-state index contributed by atoms with van der Waals surface area (Å²) in [4.78, 5) is 160. The fourth-order valence-electron chi connectivity index (χ4n) is 9.03. The summed E-state index contributed by atoms with van der Waals surface area (Å²) >= 11 is 0. The monoisotopic (exact) mass is 1190 g/mol. The fourth-order valence-corrected chi connectivity index (χ4v) is 9.03. The first-order chi connectivity index (χ1) is 40.3. The normalized spacial score (nSPS) is 22.8. The summed E-state index contributed by atoms with van der Waals surface area (Å²) in [6.07, 6.45) is 6.35. The van der Waals surface area contributed by atoms with Crippen LogP contribution in [0.15, 0.2) is 60.3 Å². The van der Waals surface area contributed by atoms with Crippen LogP contribution in [0.25, 0.3) is 0 Å². The van der Waals surface area contributed by atoms with Crippen LogP contribution < -0.4 is 48.3 Å². The summed E-state index contributed by atoms with van der Waals surface area (Å²) in [6, 6.07) is -5.33. The molecule has 470 valence electrons. The number of aromatic hydroxyl groups is 1. The second kappa shape index (κ2) is 36.5. The third kappa shape index (κ3) is 24.5. The number of aromatic amines is 1. The number of hydrogen-bond acceptors (Lipinski definition) is 17. The number of nitrogens with zero attached hydrogens (tertiary/aromatic N) is 2. The highest BCUT2D eigenvalue weighted by Crippen LogP contribution is 2.16. The third-order valence-electron chi connectivity index (χ3n) is 13.9. The Hall–Kier alpha value is -8.24. The number of H-pyrrole nitrogens is 1. The van der Waals surface area contributed by atoms with Crippen LogP contribution >= 0.6 is 0 Å². The maximum absolute atomic E-state index is 14.7. The highest BCUT2D eigenvalue weighted by Gasteiger charge is 2.40. The smallest absolute Gasteiger partial charge is 0.329 e. The lowest BCUT2D eigenvalue weighted by atomic mass is 10.0. The molecule has 10 amide bonds. The molecule has 1 aromatic heterocycles. The molecule has 0 radical (unpaired) electrons. The van der Waals surface area contributed by atoms with Gasteiger partial charge in [-0.3, -0.25) is 47.9 Å². The van der Waals surface area contributed by atoms with Crippen molar-refractivity contribution in [2.75, 3.05) is 13.6 Å². The second-order valence-corrected chi connectivity index (χ2v) is 20.9. The van der Waals surface area contributed by atoms with E-state index < -0.39 is 169 Å². The number of rotatable bonds is 24. The minimum Gasteiger partial charge on any atom is -0.508 e. The first kappa shape index (κ1) is 71.0. The molecule has 3 unspecified atom stereocenters. The minimum absolute atomic E-state index is 0.150. The summed E-state index contributed by atoms with van der Waals surface area (Å²) in [6.45, 7) is 7.44. The summed E-state index contributed by atoms with van der Waals surface area (Å²) in [5.41, 5.74) is 5.04. The second-order valence-electron chi connectivity index (χ2n) is 20.9. The Morgan fingerprint density at radius 2 is 1.44 bits per heavy atom. The Morgan fingerprint density at radius 3 is 2.01 bits per heavy atom. The van der Waals surface area contributed by atoms with Gasteiger partial charge in [0.1, 0.15) is 59.5 Å². The number of allylic oxidation sites excluding steroid dienone is 2. The number of carbonyl (C=O) groups is 11. The number of amides is 10. The van der Waals surface area contributed by atoms with Crippen molar-refractivity contribution in [3.8, 4) is 5.75 Å². The molecule has 2 aromatic rings. The number of phenolic OH excluding ortho intramolecular Hbond substituents is 1.